The molecule has 1 unspecified atom stereocenters. The van der Waals surface area contributed by atoms with E-state index in [-0.39, 0.29) is 12.6 Å². The first-order chi connectivity index (χ1) is 11.9. The summed E-state index contributed by atoms with van der Waals surface area (Å²) in [6.07, 6.45) is 1.65. The lowest BCUT2D eigenvalue weighted by atomic mass is 10.2. The van der Waals surface area contributed by atoms with Crippen molar-refractivity contribution in [1.82, 2.24) is 15.1 Å². The fourth-order valence-corrected chi connectivity index (χ4v) is 3.26. The molecule has 0 aromatic heterocycles. The lowest BCUT2D eigenvalue weighted by Crippen LogP contribution is -2.41. The van der Waals surface area contributed by atoms with E-state index in [2.05, 4.69) is 5.32 Å². The topological polar surface area (TPSA) is 87.9 Å². The zero-order valence-electron chi connectivity index (χ0n) is 14.1. The second kappa shape index (κ2) is 8.98. The summed E-state index contributed by atoms with van der Waals surface area (Å²) in [4.78, 5) is 27.2. The molecule has 0 bridgehead atoms. The minimum atomic E-state index is -0.569. The van der Waals surface area contributed by atoms with Gasteiger partial charge in [-0.3, -0.25) is 4.90 Å². The minimum Gasteiger partial charge on any atom is -0.351 e. The van der Waals surface area contributed by atoms with Gasteiger partial charge in [0.1, 0.15) is 0 Å². The predicted molar refractivity (Wildman–Crippen MR) is 98.8 cm³/mol. The van der Waals surface area contributed by atoms with Crippen LogP contribution in [0.2, 0.25) is 5.02 Å². The van der Waals surface area contributed by atoms with Crippen molar-refractivity contribution in [3.05, 3.63) is 46.0 Å². The first kappa shape index (κ1) is 19.4. The molecule has 0 fully saturated rings. The van der Waals surface area contributed by atoms with Crippen LogP contribution in [0.1, 0.15) is 12.5 Å². The van der Waals surface area contributed by atoms with Crippen molar-refractivity contribution in [3.8, 4) is 0 Å². The molecule has 0 saturated heterocycles. The molecule has 4 amide bonds. The molecule has 25 heavy (non-hydrogen) atoms. The first-order valence-electron chi connectivity index (χ1n) is 7.65. The Bertz CT molecular complexity index is 671. The molecule has 9 heteroatoms. The van der Waals surface area contributed by atoms with Gasteiger partial charge in [-0.05, 0) is 18.6 Å². The molecule has 1 aromatic rings. The zero-order valence-corrected chi connectivity index (χ0v) is 15.6. The number of ether oxygens (including phenoxy) is 1. The van der Waals surface area contributed by atoms with Gasteiger partial charge in [-0.15, -0.1) is 0 Å². The Kier molecular flexibility index (Phi) is 6.98. The zero-order chi connectivity index (χ0) is 18.4. The van der Waals surface area contributed by atoms with Gasteiger partial charge >= 0.3 is 12.1 Å². The molecule has 0 radical (unpaired) electrons. The van der Waals surface area contributed by atoms with Crippen molar-refractivity contribution >= 4 is 35.4 Å². The van der Waals surface area contributed by atoms with Crippen LogP contribution in [-0.4, -0.2) is 47.6 Å². The number of rotatable bonds is 6. The van der Waals surface area contributed by atoms with E-state index in [0.717, 1.165) is 10.5 Å². The second-order valence-electron chi connectivity index (χ2n) is 5.45. The summed E-state index contributed by atoms with van der Waals surface area (Å²) in [6, 6.07) is 6.54. The van der Waals surface area contributed by atoms with Crippen molar-refractivity contribution in [2.45, 2.75) is 19.0 Å². The summed E-state index contributed by atoms with van der Waals surface area (Å²) >= 11 is 7.46. The third-order valence-electron chi connectivity index (χ3n) is 3.51. The van der Waals surface area contributed by atoms with Crippen LogP contribution in [0.3, 0.4) is 0 Å². The standard InChI is InChI=1S/C16H21ClN4O3S/c1-11-10-21(14(18)22)16(25-11)24-8-7-20(2)15(23)19-9-12-5-3-4-6-13(12)17/h3-6,10,16H,7-9H2,1-2H3,(H2,18,22)(H,19,23). The van der Waals surface area contributed by atoms with Gasteiger partial charge in [-0.2, -0.15) is 0 Å². The molecule has 1 heterocycles. The number of thioether (sulfide) groups is 1. The highest BCUT2D eigenvalue weighted by atomic mass is 35.5. The number of halogens is 1. The summed E-state index contributed by atoms with van der Waals surface area (Å²) < 4.78 is 5.64. The molecule has 1 aliphatic heterocycles. The Morgan fingerprint density at radius 2 is 2.16 bits per heavy atom. The lowest BCUT2D eigenvalue weighted by molar-refractivity contribution is 0.0401. The SMILES string of the molecule is CC1=CN(C(N)=O)C(OCCN(C)C(=O)NCc2ccccc2Cl)S1. The minimum absolute atomic E-state index is 0.233. The Labute approximate surface area is 156 Å². The van der Waals surface area contributed by atoms with Gasteiger partial charge in [0.15, 0.2) is 5.56 Å². The maximum Gasteiger partial charge on any atom is 0.321 e. The number of likely N-dealkylation sites (N-methyl/N-ethyl adjacent to an activating group) is 1. The quantitative estimate of drug-likeness (QED) is 0.789. The fourth-order valence-electron chi connectivity index (χ4n) is 2.12. The number of benzene rings is 1. The summed E-state index contributed by atoms with van der Waals surface area (Å²) in [5, 5.41) is 3.41. The third kappa shape index (κ3) is 5.55. The molecular formula is C16H21ClN4O3S. The van der Waals surface area contributed by atoms with Gasteiger partial charge in [0, 0.05) is 36.3 Å². The molecule has 7 nitrogen and oxygen atoms in total. The van der Waals surface area contributed by atoms with E-state index in [9.17, 15) is 9.59 Å². The predicted octanol–water partition coefficient (Wildman–Crippen LogP) is 2.77. The van der Waals surface area contributed by atoms with Crippen molar-refractivity contribution < 1.29 is 14.3 Å². The molecular weight excluding hydrogens is 364 g/mol. The Morgan fingerprint density at radius 1 is 1.44 bits per heavy atom. The number of nitrogens with two attached hydrogens (primary N) is 1. The van der Waals surface area contributed by atoms with Gasteiger partial charge in [-0.25, -0.2) is 9.59 Å². The third-order valence-corrected chi connectivity index (χ3v) is 4.92. The molecule has 3 N–H and O–H groups in total. The normalized spacial score (nSPS) is 16.5. The number of carbonyl (C=O) groups excluding carboxylic acids is 2. The summed E-state index contributed by atoms with van der Waals surface area (Å²) in [5.41, 5.74) is 5.66. The molecule has 2 rings (SSSR count). The van der Waals surface area contributed by atoms with Crippen LogP contribution in [0.15, 0.2) is 35.4 Å². The number of primary amides is 1. The van der Waals surface area contributed by atoms with E-state index in [1.54, 1.807) is 19.3 Å². The molecule has 0 aliphatic carbocycles. The largest absolute Gasteiger partial charge is 0.351 e. The van der Waals surface area contributed by atoms with Gasteiger partial charge in [0.05, 0.1) is 6.61 Å². The Hall–Kier alpha value is -1.90. The van der Waals surface area contributed by atoms with Crippen molar-refractivity contribution in [3.63, 3.8) is 0 Å². The molecule has 1 atom stereocenters. The Balaban J connectivity index is 1.73. The lowest BCUT2D eigenvalue weighted by Gasteiger charge is -2.23. The number of amides is 4. The number of nitrogens with zero attached hydrogens (tertiary/aromatic N) is 2. The van der Waals surface area contributed by atoms with E-state index < -0.39 is 11.6 Å². The van der Waals surface area contributed by atoms with E-state index in [4.69, 9.17) is 22.1 Å². The van der Waals surface area contributed by atoms with Crippen LogP contribution < -0.4 is 11.1 Å². The smallest absolute Gasteiger partial charge is 0.321 e. The van der Waals surface area contributed by atoms with Gasteiger partial charge in [0.2, 0.25) is 0 Å². The number of hydrogen-bond acceptors (Lipinski definition) is 4. The molecule has 1 aromatic carbocycles. The fraction of sp³-hybridized carbons (Fsp3) is 0.375. The van der Waals surface area contributed by atoms with Crippen LogP contribution in [0, 0.1) is 0 Å². The van der Waals surface area contributed by atoms with Gasteiger partial charge in [-0.1, -0.05) is 41.6 Å². The van der Waals surface area contributed by atoms with Crippen molar-refractivity contribution in [2.75, 3.05) is 20.2 Å². The number of carbonyl (C=O) groups is 2. The summed E-state index contributed by atoms with van der Waals surface area (Å²) in [5.74, 6) is 0. The van der Waals surface area contributed by atoms with E-state index >= 15 is 0 Å². The van der Waals surface area contributed by atoms with Crippen LogP contribution >= 0.6 is 23.4 Å². The van der Waals surface area contributed by atoms with E-state index in [1.807, 2.05) is 25.1 Å². The van der Waals surface area contributed by atoms with Crippen LogP contribution in [-0.2, 0) is 11.3 Å². The summed E-state index contributed by atoms with van der Waals surface area (Å²) in [7, 11) is 1.67. The maximum absolute atomic E-state index is 12.1. The van der Waals surface area contributed by atoms with E-state index in [0.29, 0.717) is 18.1 Å². The summed E-state index contributed by atoms with van der Waals surface area (Å²) in [6.45, 7) is 2.87. The molecule has 136 valence electrons. The van der Waals surface area contributed by atoms with Crippen molar-refractivity contribution in [1.29, 1.82) is 0 Å². The van der Waals surface area contributed by atoms with Gasteiger partial charge < -0.3 is 20.7 Å². The molecule has 0 spiro atoms. The molecule has 0 saturated carbocycles. The van der Waals surface area contributed by atoms with Crippen LogP contribution in [0.25, 0.3) is 0 Å². The maximum atomic E-state index is 12.1. The first-order valence-corrected chi connectivity index (χ1v) is 8.91. The number of urea groups is 2. The van der Waals surface area contributed by atoms with Crippen molar-refractivity contribution in [2.24, 2.45) is 5.73 Å². The average molecular weight is 385 g/mol. The highest BCUT2D eigenvalue weighted by molar-refractivity contribution is 8.03. The second-order valence-corrected chi connectivity index (χ2v) is 7.14. The van der Waals surface area contributed by atoms with Crippen LogP contribution in [0.4, 0.5) is 9.59 Å². The number of nitrogens with one attached hydrogen (secondary N) is 1. The Morgan fingerprint density at radius 3 is 2.84 bits per heavy atom. The van der Waals surface area contributed by atoms with Crippen LogP contribution in [0.5, 0.6) is 0 Å². The number of allylic oxidation sites excluding steroid dienone is 1. The highest BCUT2D eigenvalue weighted by Gasteiger charge is 2.27. The number of hydrogen-bond donors (Lipinski definition) is 2. The van der Waals surface area contributed by atoms with E-state index in [1.165, 1.54) is 21.6 Å². The highest BCUT2D eigenvalue weighted by Crippen LogP contribution is 2.32. The monoisotopic (exact) mass is 384 g/mol. The molecule has 1 aliphatic rings. The van der Waals surface area contributed by atoms with Gasteiger partial charge in [0.25, 0.3) is 0 Å². The average Bonchev–Trinajstić information content (AvgIpc) is 2.94.